The van der Waals surface area contributed by atoms with Gasteiger partial charge in [0, 0.05) is 12.4 Å². The van der Waals surface area contributed by atoms with Crippen molar-refractivity contribution in [3.63, 3.8) is 0 Å². The van der Waals surface area contributed by atoms with Crippen LogP contribution in [0.1, 0.15) is 20.8 Å². The van der Waals surface area contributed by atoms with E-state index in [9.17, 15) is 4.79 Å². The Morgan fingerprint density at radius 3 is 2.60 bits per heavy atom. The molecule has 1 aromatic heterocycles. The maximum Gasteiger partial charge on any atom is 0.526 e. The van der Waals surface area contributed by atoms with Gasteiger partial charge in [0.15, 0.2) is 0 Å². The molecule has 0 aliphatic rings. The lowest BCUT2D eigenvalue weighted by Crippen LogP contribution is -2.42. The summed E-state index contributed by atoms with van der Waals surface area (Å²) in [6.07, 6.45) is 1.91. The van der Waals surface area contributed by atoms with Crippen LogP contribution >= 0.6 is 0 Å². The minimum Gasteiger partial charge on any atom is -0.443 e. The molecule has 0 bridgehead atoms. The van der Waals surface area contributed by atoms with E-state index >= 15 is 0 Å². The summed E-state index contributed by atoms with van der Waals surface area (Å²) >= 11 is 0. The number of hydrogen-bond acceptors (Lipinski definition) is 5. The Morgan fingerprint density at radius 2 is 2.13 bits per heavy atom. The van der Waals surface area contributed by atoms with Crippen LogP contribution < -0.4 is 5.72 Å². The van der Waals surface area contributed by atoms with Crippen molar-refractivity contribution in [2.75, 3.05) is 0 Å². The maximum absolute atomic E-state index is 11.5. The highest BCUT2D eigenvalue weighted by Crippen LogP contribution is 2.08. The molecule has 0 spiro atoms. The molecule has 1 heterocycles. The zero-order valence-corrected chi connectivity index (χ0v) is 8.84. The van der Waals surface area contributed by atoms with Crippen LogP contribution in [0, 0.1) is 0 Å². The monoisotopic (exact) mass is 212 g/mol. The third kappa shape index (κ3) is 3.07. The van der Waals surface area contributed by atoms with Gasteiger partial charge < -0.3 is 14.8 Å². The highest BCUT2D eigenvalue weighted by molar-refractivity contribution is 6.57. The molecule has 6 nitrogen and oxygen atoms in total. The molecule has 1 rings (SSSR count). The molecule has 2 N–H and O–H groups in total. The fourth-order valence-corrected chi connectivity index (χ4v) is 0.971. The standard InChI is InChI=1S/C8H13BN2O4/c1-8(2,3)15-7(12)11-5-4-10-6(11)9(13)14/h4-5,13-14H,1-3H3. The lowest BCUT2D eigenvalue weighted by Gasteiger charge is -2.19. The Kier molecular flexibility index (Phi) is 3.16. The number of carbonyl (C=O) groups is 1. The maximum atomic E-state index is 11.5. The van der Waals surface area contributed by atoms with Gasteiger partial charge in [0.25, 0.3) is 0 Å². The lowest BCUT2D eigenvalue weighted by molar-refractivity contribution is 0.0540. The molecule has 0 aliphatic heterocycles. The third-order valence-electron chi connectivity index (χ3n) is 1.49. The van der Waals surface area contributed by atoms with E-state index in [0.29, 0.717) is 0 Å². The molecule has 0 saturated carbocycles. The lowest BCUT2D eigenvalue weighted by atomic mass is 9.91. The quantitative estimate of drug-likeness (QED) is 0.604. The van der Waals surface area contributed by atoms with Gasteiger partial charge in [-0.15, -0.1) is 0 Å². The van der Waals surface area contributed by atoms with Crippen LogP contribution in [0.5, 0.6) is 0 Å². The summed E-state index contributed by atoms with van der Waals surface area (Å²) < 4.78 is 5.99. The van der Waals surface area contributed by atoms with Gasteiger partial charge in [-0.1, -0.05) is 0 Å². The van der Waals surface area contributed by atoms with Crippen LogP contribution in [0.2, 0.25) is 0 Å². The van der Waals surface area contributed by atoms with Gasteiger partial charge in [0.05, 0.1) is 0 Å². The second kappa shape index (κ2) is 4.04. The van der Waals surface area contributed by atoms with E-state index in [2.05, 4.69) is 4.98 Å². The van der Waals surface area contributed by atoms with Crippen LogP contribution in [0.3, 0.4) is 0 Å². The summed E-state index contributed by atoms with van der Waals surface area (Å²) in [5.41, 5.74) is -0.803. The SMILES string of the molecule is CC(C)(C)OC(=O)n1ccnc1B(O)O. The Labute approximate surface area is 87.7 Å². The highest BCUT2D eigenvalue weighted by atomic mass is 16.6. The molecule has 0 unspecified atom stereocenters. The zero-order chi connectivity index (χ0) is 11.6. The third-order valence-corrected chi connectivity index (χ3v) is 1.49. The Balaban J connectivity index is 2.87. The van der Waals surface area contributed by atoms with Crippen LogP contribution in [0.15, 0.2) is 12.4 Å². The van der Waals surface area contributed by atoms with E-state index in [0.717, 1.165) is 4.57 Å². The number of rotatable bonds is 1. The summed E-state index contributed by atoms with van der Waals surface area (Å²) in [5, 5.41) is 17.8. The minimum atomic E-state index is -1.80. The molecule has 82 valence electrons. The molecule has 1 aromatic rings. The number of imidazole rings is 1. The van der Waals surface area contributed by atoms with Crippen LogP contribution in [0.25, 0.3) is 0 Å². The second-order valence-corrected chi connectivity index (χ2v) is 4.01. The van der Waals surface area contributed by atoms with Crippen molar-refractivity contribution in [1.82, 2.24) is 9.55 Å². The molecule has 0 fully saturated rings. The normalized spacial score (nSPS) is 11.3. The molecule has 0 saturated heterocycles. The smallest absolute Gasteiger partial charge is 0.443 e. The summed E-state index contributed by atoms with van der Waals surface area (Å²) in [6.45, 7) is 5.16. The number of aromatic nitrogens is 2. The minimum absolute atomic E-state index is 0.163. The molecular formula is C8H13BN2O4. The topological polar surface area (TPSA) is 84.6 Å². The van der Waals surface area contributed by atoms with Gasteiger partial charge in [0.1, 0.15) is 11.3 Å². The predicted molar refractivity (Wildman–Crippen MR) is 53.7 cm³/mol. The number of carbonyl (C=O) groups excluding carboxylic acids is 1. The Bertz CT molecular complexity index is 356. The molecular weight excluding hydrogens is 199 g/mol. The first-order chi connectivity index (χ1) is 6.81. The summed E-state index contributed by atoms with van der Waals surface area (Å²) in [5.74, 6) is 0. The van der Waals surface area contributed by atoms with Crippen LogP contribution in [-0.4, -0.2) is 38.4 Å². The number of hydrogen-bond donors (Lipinski definition) is 2. The van der Waals surface area contributed by atoms with Gasteiger partial charge in [-0.3, -0.25) is 0 Å². The van der Waals surface area contributed by atoms with Crippen LogP contribution in [0.4, 0.5) is 4.79 Å². The van der Waals surface area contributed by atoms with Crippen molar-refractivity contribution in [1.29, 1.82) is 0 Å². The molecule has 15 heavy (non-hydrogen) atoms. The van der Waals surface area contributed by atoms with Crippen molar-refractivity contribution >= 4 is 18.9 Å². The Morgan fingerprint density at radius 1 is 1.53 bits per heavy atom. The van der Waals surface area contributed by atoms with E-state index in [1.807, 2.05) is 0 Å². The predicted octanol–water partition coefficient (Wildman–Crippen LogP) is -0.654. The molecule has 0 aliphatic carbocycles. The van der Waals surface area contributed by atoms with Gasteiger partial charge in [-0.25, -0.2) is 14.3 Å². The first kappa shape index (κ1) is 11.7. The van der Waals surface area contributed by atoms with Crippen LogP contribution in [-0.2, 0) is 4.74 Å². The molecule has 0 aromatic carbocycles. The van der Waals surface area contributed by atoms with Gasteiger partial charge in [-0.05, 0) is 20.8 Å². The molecule has 7 heteroatoms. The van der Waals surface area contributed by atoms with Crippen molar-refractivity contribution in [3.8, 4) is 0 Å². The van der Waals surface area contributed by atoms with Crippen molar-refractivity contribution < 1.29 is 19.6 Å². The van der Waals surface area contributed by atoms with E-state index < -0.39 is 18.8 Å². The molecule has 0 atom stereocenters. The van der Waals surface area contributed by atoms with Gasteiger partial charge >= 0.3 is 13.2 Å². The fraction of sp³-hybridized carbons (Fsp3) is 0.500. The summed E-state index contributed by atoms with van der Waals surface area (Å²) in [7, 11) is -1.80. The molecule has 0 amide bonds. The first-order valence-corrected chi connectivity index (χ1v) is 4.44. The van der Waals surface area contributed by atoms with E-state index in [1.165, 1.54) is 12.4 Å². The average Bonchev–Trinajstić information content (AvgIpc) is 2.47. The summed E-state index contributed by atoms with van der Waals surface area (Å²) in [6, 6.07) is 0. The van der Waals surface area contributed by atoms with E-state index in [4.69, 9.17) is 14.8 Å². The average molecular weight is 212 g/mol. The molecule has 0 radical (unpaired) electrons. The number of nitrogens with zero attached hydrogens (tertiary/aromatic N) is 2. The Hall–Kier alpha value is -1.34. The van der Waals surface area contributed by atoms with Crippen molar-refractivity contribution in [3.05, 3.63) is 12.4 Å². The fourth-order valence-electron chi connectivity index (χ4n) is 0.971. The largest absolute Gasteiger partial charge is 0.526 e. The first-order valence-electron chi connectivity index (χ1n) is 4.44. The second-order valence-electron chi connectivity index (χ2n) is 4.01. The zero-order valence-electron chi connectivity index (χ0n) is 8.84. The van der Waals surface area contributed by atoms with Gasteiger partial charge in [0.2, 0.25) is 0 Å². The van der Waals surface area contributed by atoms with Crippen molar-refractivity contribution in [2.45, 2.75) is 26.4 Å². The number of ether oxygens (including phenoxy) is 1. The van der Waals surface area contributed by atoms with Crippen molar-refractivity contribution in [2.24, 2.45) is 0 Å². The summed E-state index contributed by atoms with van der Waals surface area (Å²) in [4.78, 5) is 15.2. The van der Waals surface area contributed by atoms with E-state index in [1.54, 1.807) is 20.8 Å². The van der Waals surface area contributed by atoms with E-state index in [-0.39, 0.29) is 5.72 Å². The highest BCUT2D eigenvalue weighted by Gasteiger charge is 2.25. The van der Waals surface area contributed by atoms with Gasteiger partial charge in [-0.2, -0.15) is 0 Å².